The molecule has 1 saturated carbocycles. The summed E-state index contributed by atoms with van der Waals surface area (Å²) in [7, 11) is 1.87. The van der Waals surface area contributed by atoms with Crippen molar-refractivity contribution in [1.82, 2.24) is 19.8 Å². The lowest BCUT2D eigenvalue weighted by atomic mass is 10.1. The molecule has 1 aromatic heterocycles. The van der Waals surface area contributed by atoms with E-state index in [1.54, 1.807) is 10.9 Å². The predicted octanol–water partition coefficient (Wildman–Crippen LogP) is 1.72. The molecule has 21 heavy (non-hydrogen) atoms. The third-order valence-corrected chi connectivity index (χ3v) is 5.04. The van der Waals surface area contributed by atoms with Crippen molar-refractivity contribution in [3.05, 3.63) is 17.7 Å². The zero-order valence-corrected chi connectivity index (χ0v) is 13.1. The molecular weight excluding hydrogens is 264 g/mol. The van der Waals surface area contributed by atoms with Gasteiger partial charge in [-0.05, 0) is 38.6 Å². The number of nitrogens with one attached hydrogen (secondary N) is 1. The average Bonchev–Trinajstić information content (AvgIpc) is 3.17. The van der Waals surface area contributed by atoms with Crippen molar-refractivity contribution in [2.75, 3.05) is 19.6 Å². The molecule has 2 aliphatic rings. The second kappa shape index (κ2) is 6.18. The van der Waals surface area contributed by atoms with Gasteiger partial charge >= 0.3 is 0 Å². The molecule has 116 valence electrons. The summed E-state index contributed by atoms with van der Waals surface area (Å²) < 4.78 is 1.80. The van der Waals surface area contributed by atoms with E-state index >= 15 is 0 Å². The van der Waals surface area contributed by atoms with Crippen LogP contribution in [0, 0.1) is 12.8 Å². The van der Waals surface area contributed by atoms with Gasteiger partial charge in [0.2, 0.25) is 0 Å². The molecule has 0 bridgehead atoms. The monoisotopic (exact) mass is 290 g/mol. The zero-order valence-electron chi connectivity index (χ0n) is 13.1. The number of amides is 1. The van der Waals surface area contributed by atoms with E-state index in [9.17, 15) is 4.79 Å². The fourth-order valence-corrected chi connectivity index (χ4v) is 3.82. The Balaban J connectivity index is 1.49. The van der Waals surface area contributed by atoms with E-state index < -0.39 is 0 Å². The van der Waals surface area contributed by atoms with Crippen LogP contribution in [-0.4, -0.2) is 46.0 Å². The third-order valence-electron chi connectivity index (χ3n) is 5.04. The molecule has 1 N–H and O–H groups in total. The second-order valence-electron chi connectivity index (χ2n) is 6.59. The van der Waals surface area contributed by atoms with Gasteiger partial charge in [-0.1, -0.05) is 12.8 Å². The van der Waals surface area contributed by atoms with E-state index in [1.165, 1.54) is 38.6 Å². The maximum absolute atomic E-state index is 12.3. The Morgan fingerprint density at radius 2 is 2.14 bits per heavy atom. The zero-order chi connectivity index (χ0) is 14.8. The number of rotatable bonds is 4. The second-order valence-corrected chi connectivity index (χ2v) is 6.59. The SMILES string of the molecule is Cc1ncn(C)c1C(=O)NCC1CCN(C2CCCC2)C1. The maximum atomic E-state index is 12.3. The topological polar surface area (TPSA) is 50.2 Å². The van der Waals surface area contributed by atoms with Gasteiger partial charge in [0, 0.05) is 26.2 Å². The van der Waals surface area contributed by atoms with Crippen LogP contribution in [0.1, 0.15) is 48.3 Å². The molecule has 1 atom stereocenters. The van der Waals surface area contributed by atoms with Crippen LogP contribution >= 0.6 is 0 Å². The number of hydrogen-bond donors (Lipinski definition) is 1. The molecule has 5 nitrogen and oxygen atoms in total. The summed E-state index contributed by atoms with van der Waals surface area (Å²) in [6.45, 7) is 5.02. The van der Waals surface area contributed by atoms with Gasteiger partial charge in [-0.2, -0.15) is 0 Å². The molecule has 0 radical (unpaired) electrons. The highest BCUT2D eigenvalue weighted by Crippen LogP contribution is 2.28. The first-order valence-electron chi connectivity index (χ1n) is 8.15. The Hall–Kier alpha value is -1.36. The van der Waals surface area contributed by atoms with Crippen molar-refractivity contribution in [1.29, 1.82) is 0 Å². The molecule has 5 heteroatoms. The van der Waals surface area contributed by atoms with E-state index in [2.05, 4.69) is 15.2 Å². The van der Waals surface area contributed by atoms with Gasteiger partial charge in [0.1, 0.15) is 5.69 Å². The third kappa shape index (κ3) is 3.12. The number of likely N-dealkylation sites (tertiary alicyclic amines) is 1. The Labute approximate surface area is 126 Å². The summed E-state index contributed by atoms with van der Waals surface area (Å²) in [6.07, 6.45) is 8.42. The Kier molecular flexibility index (Phi) is 4.29. The Morgan fingerprint density at radius 3 is 2.81 bits per heavy atom. The molecule has 1 amide bonds. The van der Waals surface area contributed by atoms with Gasteiger partial charge in [-0.15, -0.1) is 0 Å². The number of carbonyl (C=O) groups is 1. The lowest BCUT2D eigenvalue weighted by molar-refractivity contribution is 0.0938. The van der Waals surface area contributed by atoms with Gasteiger partial charge in [0.25, 0.3) is 5.91 Å². The highest BCUT2D eigenvalue weighted by Gasteiger charge is 2.30. The normalized spacial score (nSPS) is 23.8. The lowest BCUT2D eigenvalue weighted by Crippen LogP contribution is -2.34. The summed E-state index contributed by atoms with van der Waals surface area (Å²) in [5, 5.41) is 3.09. The molecule has 0 spiro atoms. The minimum Gasteiger partial charge on any atom is -0.350 e. The Bertz CT molecular complexity index is 485. The van der Waals surface area contributed by atoms with Gasteiger partial charge in [0.05, 0.1) is 12.0 Å². The van der Waals surface area contributed by atoms with Crippen molar-refractivity contribution >= 4 is 5.91 Å². The van der Waals surface area contributed by atoms with Crippen LogP contribution in [0.25, 0.3) is 0 Å². The minimum atomic E-state index is 0.00631. The van der Waals surface area contributed by atoms with Crippen molar-refractivity contribution in [2.45, 2.75) is 45.1 Å². The van der Waals surface area contributed by atoms with Crippen molar-refractivity contribution in [3.63, 3.8) is 0 Å². The molecule has 1 saturated heterocycles. The van der Waals surface area contributed by atoms with Crippen LogP contribution in [0.4, 0.5) is 0 Å². The number of aromatic nitrogens is 2. The van der Waals surface area contributed by atoms with Crippen LogP contribution in [-0.2, 0) is 7.05 Å². The van der Waals surface area contributed by atoms with Gasteiger partial charge in [0.15, 0.2) is 0 Å². The molecule has 2 fully saturated rings. The predicted molar refractivity (Wildman–Crippen MR) is 82.2 cm³/mol. The molecule has 2 heterocycles. The van der Waals surface area contributed by atoms with Crippen molar-refractivity contribution in [3.8, 4) is 0 Å². The molecule has 3 rings (SSSR count). The number of imidazole rings is 1. The fourth-order valence-electron chi connectivity index (χ4n) is 3.82. The van der Waals surface area contributed by atoms with E-state index in [1.807, 2.05) is 14.0 Å². The number of aryl methyl sites for hydroxylation is 2. The van der Waals surface area contributed by atoms with Crippen LogP contribution in [0.5, 0.6) is 0 Å². The van der Waals surface area contributed by atoms with Crippen LogP contribution < -0.4 is 5.32 Å². The summed E-state index contributed by atoms with van der Waals surface area (Å²) in [5.41, 5.74) is 1.48. The van der Waals surface area contributed by atoms with Crippen LogP contribution in [0.3, 0.4) is 0 Å². The molecule has 1 aromatic rings. The standard InChI is InChI=1S/C16H26N4O/c1-12-15(19(2)11-18-12)16(21)17-9-13-7-8-20(10-13)14-5-3-4-6-14/h11,13-14H,3-10H2,1-2H3,(H,17,21). The van der Waals surface area contributed by atoms with Crippen molar-refractivity contribution < 1.29 is 4.79 Å². The minimum absolute atomic E-state index is 0.00631. The van der Waals surface area contributed by atoms with E-state index in [0.717, 1.165) is 24.8 Å². The molecular formula is C16H26N4O. The van der Waals surface area contributed by atoms with Gasteiger partial charge in [-0.3, -0.25) is 4.79 Å². The lowest BCUT2D eigenvalue weighted by Gasteiger charge is -2.23. The van der Waals surface area contributed by atoms with E-state index in [0.29, 0.717) is 11.6 Å². The van der Waals surface area contributed by atoms with Crippen LogP contribution in [0.2, 0.25) is 0 Å². The highest BCUT2D eigenvalue weighted by atomic mass is 16.2. The first kappa shape index (κ1) is 14.6. The first-order valence-corrected chi connectivity index (χ1v) is 8.15. The Morgan fingerprint density at radius 1 is 1.38 bits per heavy atom. The maximum Gasteiger partial charge on any atom is 0.269 e. The summed E-state index contributed by atoms with van der Waals surface area (Å²) in [4.78, 5) is 19.1. The first-order chi connectivity index (χ1) is 10.1. The summed E-state index contributed by atoms with van der Waals surface area (Å²) in [6, 6.07) is 0.810. The highest BCUT2D eigenvalue weighted by molar-refractivity contribution is 5.93. The molecule has 1 aliphatic heterocycles. The summed E-state index contributed by atoms with van der Waals surface area (Å²) in [5.74, 6) is 0.606. The number of carbonyl (C=O) groups excluding carboxylic acids is 1. The van der Waals surface area contributed by atoms with E-state index in [4.69, 9.17) is 0 Å². The molecule has 1 aliphatic carbocycles. The molecule has 1 unspecified atom stereocenters. The van der Waals surface area contributed by atoms with Gasteiger partial charge in [-0.25, -0.2) is 4.98 Å². The van der Waals surface area contributed by atoms with Crippen molar-refractivity contribution in [2.24, 2.45) is 13.0 Å². The number of nitrogens with zero attached hydrogens (tertiary/aromatic N) is 3. The largest absolute Gasteiger partial charge is 0.350 e. The smallest absolute Gasteiger partial charge is 0.269 e. The average molecular weight is 290 g/mol. The summed E-state index contributed by atoms with van der Waals surface area (Å²) >= 11 is 0. The van der Waals surface area contributed by atoms with Gasteiger partial charge < -0.3 is 14.8 Å². The van der Waals surface area contributed by atoms with Crippen LogP contribution in [0.15, 0.2) is 6.33 Å². The van der Waals surface area contributed by atoms with E-state index in [-0.39, 0.29) is 5.91 Å². The molecule has 0 aromatic carbocycles. The number of hydrogen-bond acceptors (Lipinski definition) is 3. The fraction of sp³-hybridized carbons (Fsp3) is 0.750. The quantitative estimate of drug-likeness (QED) is 0.918.